The molecule has 0 aliphatic rings. The molecule has 2 N–H and O–H groups in total. The van der Waals surface area contributed by atoms with Crippen LogP contribution in [0.15, 0.2) is 6.20 Å². The van der Waals surface area contributed by atoms with Gasteiger partial charge in [-0.2, -0.15) is 5.10 Å². The van der Waals surface area contributed by atoms with Crippen LogP contribution in [-0.4, -0.2) is 29.1 Å². The first-order valence-corrected chi connectivity index (χ1v) is 3.67. The molecule has 1 heterocycles. The maximum absolute atomic E-state index is 11.7. The van der Waals surface area contributed by atoms with Gasteiger partial charge in [-0.3, -0.25) is 9.89 Å². The summed E-state index contributed by atoms with van der Waals surface area (Å²) in [4.78, 5) is 11.1. The number of aromatic amines is 1. The molecule has 0 aromatic carbocycles. The van der Waals surface area contributed by atoms with E-state index in [4.69, 9.17) is 0 Å². The standard InChI is InChI=1S/C7H9F2N3O/c1-4-2-11-12-6(4)7(13)10-3-5(8)9/h2,5H,3H2,1H3,(H,10,13)(H,11,12). The fourth-order valence-corrected chi connectivity index (χ4v) is 0.834. The molecule has 4 nitrogen and oxygen atoms in total. The van der Waals surface area contributed by atoms with Crippen molar-refractivity contribution in [3.63, 3.8) is 0 Å². The third-order valence-electron chi connectivity index (χ3n) is 1.47. The zero-order valence-electron chi connectivity index (χ0n) is 6.97. The summed E-state index contributed by atoms with van der Waals surface area (Å²) in [5, 5.41) is 8.08. The van der Waals surface area contributed by atoms with Gasteiger partial charge in [0.05, 0.1) is 12.7 Å². The van der Waals surface area contributed by atoms with E-state index in [9.17, 15) is 13.6 Å². The third kappa shape index (κ3) is 2.50. The molecule has 0 radical (unpaired) electrons. The summed E-state index contributed by atoms with van der Waals surface area (Å²) in [5.41, 5.74) is 0.854. The van der Waals surface area contributed by atoms with Crippen molar-refractivity contribution >= 4 is 5.91 Å². The summed E-state index contributed by atoms with van der Waals surface area (Å²) in [6.07, 6.45) is -1.08. The van der Waals surface area contributed by atoms with Crippen LogP contribution < -0.4 is 5.32 Å². The molecule has 0 aliphatic carbocycles. The highest BCUT2D eigenvalue weighted by atomic mass is 19.3. The van der Waals surface area contributed by atoms with Crippen molar-refractivity contribution in [1.82, 2.24) is 15.5 Å². The molecular weight excluding hydrogens is 180 g/mol. The molecule has 6 heteroatoms. The first-order valence-electron chi connectivity index (χ1n) is 3.67. The Bertz CT molecular complexity index is 298. The van der Waals surface area contributed by atoms with Crippen molar-refractivity contribution in [2.45, 2.75) is 13.3 Å². The monoisotopic (exact) mass is 189 g/mol. The summed E-state index contributed by atoms with van der Waals surface area (Å²) in [6, 6.07) is 0. The number of hydrogen-bond donors (Lipinski definition) is 2. The van der Waals surface area contributed by atoms with E-state index in [1.165, 1.54) is 6.20 Å². The Hall–Kier alpha value is -1.46. The first kappa shape index (κ1) is 9.63. The molecule has 0 bridgehead atoms. The number of amides is 1. The number of aryl methyl sites for hydroxylation is 1. The fourth-order valence-electron chi connectivity index (χ4n) is 0.834. The van der Waals surface area contributed by atoms with Gasteiger partial charge in [-0.1, -0.05) is 0 Å². The van der Waals surface area contributed by atoms with E-state index >= 15 is 0 Å². The minimum absolute atomic E-state index is 0.223. The number of alkyl halides is 2. The number of nitrogens with zero attached hydrogens (tertiary/aromatic N) is 1. The van der Waals surface area contributed by atoms with Crippen molar-refractivity contribution in [2.75, 3.05) is 6.54 Å². The average molecular weight is 189 g/mol. The second-order valence-electron chi connectivity index (χ2n) is 2.53. The summed E-state index contributed by atoms with van der Waals surface area (Å²) < 4.78 is 23.4. The second-order valence-corrected chi connectivity index (χ2v) is 2.53. The summed E-state index contributed by atoms with van der Waals surface area (Å²) >= 11 is 0. The fraction of sp³-hybridized carbons (Fsp3) is 0.429. The highest BCUT2D eigenvalue weighted by molar-refractivity contribution is 5.93. The van der Waals surface area contributed by atoms with E-state index in [0.717, 1.165) is 0 Å². The molecule has 1 aromatic heterocycles. The summed E-state index contributed by atoms with van der Waals surface area (Å²) in [5.74, 6) is -0.560. The lowest BCUT2D eigenvalue weighted by Crippen LogP contribution is -2.29. The van der Waals surface area contributed by atoms with E-state index in [1.54, 1.807) is 6.92 Å². The molecule has 72 valence electrons. The van der Waals surface area contributed by atoms with Crippen LogP contribution in [0.3, 0.4) is 0 Å². The van der Waals surface area contributed by atoms with Gasteiger partial charge in [0.1, 0.15) is 5.69 Å². The molecule has 1 rings (SSSR count). The molecule has 13 heavy (non-hydrogen) atoms. The van der Waals surface area contributed by atoms with Crippen LogP contribution in [0, 0.1) is 6.92 Å². The second kappa shape index (κ2) is 3.97. The van der Waals surface area contributed by atoms with Gasteiger partial charge >= 0.3 is 0 Å². The van der Waals surface area contributed by atoms with E-state index in [0.29, 0.717) is 5.56 Å². The quantitative estimate of drug-likeness (QED) is 0.735. The highest BCUT2D eigenvalue weighted by Crippen LogP contribution is 2.01. The predicted octanol–water partition coefficient (Wildman–Crippen LogP) is 0.713. The molecular formula is C7H9F2N3O. The number of halogens is 2. The van der Waals surface area contributed by atoms with Crippen molar-refractivity contribution in [3.8, 4) is 0 Å². The van der Waals surface area contributed by atoms with Crippen molar-refractivity contribution in [2.24, 2.45) is 0 Å². The average Bonchev–Trinajstić information content (AvgIpc) is 2.47. The molecule has 0 fully saturated rings. The highest BCUT2D eigenvalue weighted by Gasteiger charge is 2.12. The third-order valence-corrected chi connectivity index (χ3v) is 1.47. The lowest BCUT2D eigenvalue weighted by molar-refractivity contribution is 0.0886. The lowest BCUT2D eigenvalue weighted by Gasteiger charge is -2.02. The van der Waals surface area contributed by atoms with E-state index < -0.39 is 18.9 Å². The maximum atomic E-state index is 11.7. The number of nitrogens with one attached hydrogen (secondary N) is 2. The summed E-state index contributed by atoms with van der Waals surface area (Å²) in [6.45, 7) is 1.03. The smallest absolute Gasteiger partial charge is 0.269 e. The van der Waals surface area contributed by atoms with Crippen LogP contribution in [0.4, 0.5) is 8.78 Å². The predicted molar refractivity (Wildman–Crippen MR) is 41.7 cm³/mol. The van der Waals surface area contributed by atoms with E-state index in [2.05, 4.69) is 15.5 Å². The molecule has 0 aliphatic heterocycles. The van der Waals surface area contributed by atoms with Gasteiger partial charge in [0.15, 0.2) is 0 Å². The Balaban J connectivity index is 2.54. The van der Waals surface area contributed by atoms with E-state index in [1.807, 2.05) is 0 Å². The number of rotatable bonds is 3. The van der Waals surface area contributed by atoms with Crippen LogP contribution in [0.25, 0.3) is 0 Å². The zero-order valence-corrected chi connectivity index (χ0v) is 6.97. The lowest BCUT2D eigenvalue weighted by atomic mass is 10.2. The number of aromatic nitrogens is 2. The summed E-state index contributed by atoms with van der Waals surface area (Å²) in [7, 11) is 0. The van der Waals surface area contributed by atoms with E-state index in [-0.39, 0.29) is 5.69 Å². The number of carbonyl (C=O) groups is 1. The number of carbonyl (C=O) groups excluding carboxylic acids is 1. The minimum atomic E-state index is -2.54. The van der Waals surface area contributed by atoms with Crippen LogP contribution in [0.5, 0.6) is 0 Å². The van der Waals surface area contributed by atoms with Gasteiger partial charge in [0.25, 0.3) is 12.3 Å². The Morgan fingerprint density at radius 3 is 2.92 bits per heavy atom. The van der Waals surface area contributed by atoms with Gasteiger partial charge in [0.2, 0.25) is 0 Å². The first-order chi connectivity index (χ1) is 6.11. The SMILES string of the molecule is Cc1cn[nH]c1C(=O)NCC(F)F. The maximum Gasteiger partial charge on any atom is 0.269 e. The topological polar surface area (TPSA) is 57.8 Å². The van der Waals surface area contributed by atoms with Gasteiger partial charge in [-0.25, -0.2) is 8.78 Å². The van der Waals surface area contributed by atoms with Crippen LogP contribution >= 0.6 is 0 Å². The van der Waals surface area contributed by atoms with Crippen molar-refractivity contribution < 1.29 is 13.6 Å². The van der Waals surface area contributed by atoms with Crippen molar-refractivity contribution in [3.05, 3.63) is 17.5 Å². The van der Waals surface area contributed by atoms with Gasteiger partial charge in [-0.15, -0.1) is 0 Å². The molecule has 1 amide bonds. The molecule has 0 unspecified atom stereocenters. The Labute approximate surface area is 73.3 Å². The zero-order chi connectivity index (χ0) is 9.84. The normalized spacial score (nSPS) is 10.5. The Morgan fingerprint density at radius 2 is 2.46 bits per heavy atom. The van der Waals surface area contributed by atoms with Crippen LogP contribution in [0.2, 0.25) is 0 Å². The van der Waals surface area contributed by atoms with Crippen LogP contribution in [-0.2, 0) is 0 Å². The van der Waals surface area contributed by atoms with Gasteiger partial charge < -0.3 is 5.32 Å². The van der Waals surface area contributed by atoms with Crippen LogP contribution in [0.1, 0.15) is 16.1 Å². The van der Waals surface area contributed by atoms with Gasteiger partial charge in [-0.05, 0) is 12.5 Å². The Morgan fingerprint density at radius 1 is 1.77 bits per heavy atom. The Kier molecular flexibility index (Phi) is 2.94. The molecule has 0 spiro atoms. The molecule has 1 aromatic rings. The molecule has 0 saturated carbocycles. The number of hydrogen-bond acceptors (Lipinski definition) is 2. The number of H-pyrrole nitrogens is 1. The van der Waals surface area contributed by atoms with Gasteiger partial charge in [0, 0.05) is 0 Å². The molecule has 0 atom stereocenters. The molecule has 0 saturated heterocycles. The van der Waals surface area contributed by atoms with Crippen molar-refractivity contribution in [1.29, 1.82) is 0 Å². The minimum Gasteiger partial charge on any atom is -0.345 e. The largest absolute Gasteiger partial charge is 0.345 e.